The first kappa shape index (κ1) is 15.0. The molecule has 1 aromatic carbocycles. The van der Waals surface area contributed by atoms with E-state index in [4.69, 9.17) is 0 Å². The first-order valence-electron chi connectivity index (χ1n) is 6.23. The predicted molar refractivity (Wildman–Crippen MR) is 76.4 cm³/mol. The van der Waals surface area contributed by atoms with Crippen molar-refractivity contribution < 1.29 is 4.79 Å². The van der Waals surface area contributed by atoms with Gasteiger partial charge in [-0.2, -0.15) is 0 Å². The molecule has 1 atom stereocenters. The minimum absolute atomic E-state index is 0. The summed E-state index contributed by atoms with van der Waals surface area (Å²) in [4.78, 5) is 14.1. The Morgan fingerprint density at radius 2 is 2.00 bits per heavy atom. The normalized spacial score (nSPS) is 18.9. The molecule has 1 fully saturated rings. The highest BCUT2D eigenvalue weighted by Gasteiger charge is 2.22. The Morgan fingerprint density at radius 1 is 1.33 bits per heavy atom. The molecule has 100 valence electrons. The summed E-state index contributed by atoms with van der Waals surface area (Å²) in [6.45, 7) is 4.01. The number of nitrogens with zero attached hydrogens (tertiary/aromatic N) is 1. The number of amides is 1. The number of rotatable bonds is 2. The number of benzene rings is 1. The molecule has 0 spiro atoms. The SMILES string of the molecule is Cc1ccc(C(=O)N(C)[C@H]2CCCNC2)cc1.Cl. The zero-order valence-electron chi connectivity index (χ0n) is 11.0. The molecule has 1 amide bonds. The molecule has 2 rings (SSSR count). The average molecular weight is 269 g/mol. The molecule has 1 N–H and O–H groups in total. The largest absolute Gasteiger partial charge is 0.337 e. The van der Waals surface area contributed by atoms with Crippen LogP contribution in [0.1, 0.15) is 28.8 Å². The van der Waals surface area contributed by atoms with E-state index in [1.54, 1.807) is 0 Å². The third kappa shape index (κ3) is 3.47. The Kier molecular flexibility index (Phi) is 5.63. The van der Waals surface area contributed by atoms with Gasteiger partial charge >= 0.3 is 0 Å². The molecule has 4 heteroatoms. The van der Waals surface area contributed by atoms with Crippen LogP contribution in [0.15, 0.2) is 24.3 Å². The number of aryl methyl sites for hydroxylation is 1. The maximum Gasteiger partial charge on any atom is 0.253 e. The van der Waals surface area contributed by atoms with Gasteiger partial charge < -0.3 is 10.2 Å². The molecule has 0 aliphatic carbocycles. The molecule has 1 heterocycles. The van der Waals surface area contributed by atoms with Crippen LogP contribution in [0.3, 0.4) is 0 Å². The van der Waals surface area contributed by atoms with Crippen molar-refractivity contribution in [2.24, 2.45) is 0 Å². The molecule has 1 aliphatic rings. The highest BCUT2D eigenvalue weighted by molar-refractivity contribution is 5.94. The van der Waals surface area contributed by atoms with Gasteiger partial charge in [-0.05, 0) is 38.4 Å². The maximum atomic E-state index is 12.3. The van der Waals surface area contributed by atoms with Crippen molar-refractivity contribution in [3.8, 4) is 0 Å². The second-order valence-corrected chi connectivity index (χ2v) is 4.78. The standard InChI is InChI=1S/C14H20N2O.ClH/c1-11-5-7-12(8-6-11)14(17)16(2)13-4-3-9-15-10-13;/h5-8,13,15H,3-4,9-10H2,1-2H3;1H/t13-;/m0./s1. The van der Waals surface area contributed by atoms with E-state index in [9.17, 15) is 4.79 Å². The van der Waals surface area contributed by atoms with Gasteiger partial charge in [-0.3, -0.25) is 4.79 Å². The molecule has 1 saturated heterocycles. The smallest absolute Gasteiger partial charge is 0.253 e. The fourth-order valence-corrected chi connectivity index (χ4v) is 2.23. The van der Waals surface area contributed by atoms with E-state index in [-0.39, 0.29) is 18.3 Å². The van der Waals surface area contributed by atoms with E-state index >= 15 is 0 Å². The number of hydrogen-bond acceptors (Lipinski definition) is 2. The number of halogens is 1. The number of piperidine rings is 1. The van der Waals surface area contributed by atoms with Gasteiger partial charge in [-0.15, -0.1) is 12.4 Å². The van der Waals surface area contributed by atoms with Crippen LogP contribution < -0.4 is 5.32 Å². The summed E-state index contributed by atoms with van der Waals surface area (Å²) in [7, 11) is 1.90. The van der Waals surface area contributed by atoms with Crippen molar-refractivity contribution in [3.05, 3.63) is 35.4 Å². The minimum atomic E-state index is 0. The summed E-state index contributed by atoms with van der Waals surface area (Å²) in [5, 5.41) is 3.34. The highest BCUT2D eigenvalue weighted by atomic mass is 35.5. The number of carbonyl (C=O) groups is 1. The van der Waals surface area contributed by atoms with Gasteiger partial charge in [0.05, 0.1) is 0 Å². The quantitative estimate of drug-likeness (QED) is 0.892. The van der Waals surface area contributed by atoms with E-state index in [1.165, 1.54) is 5.56 Å². The molecular weight excluding hydrogens is 248 g/mol. The van der Waals surface area contributed by atoms with Gasteiger partial charge in [0.15, 0.2) is 0 Å². The molecule has 0 aromatic heterocycles. The summed E-state index contributed by atoms with van der Waals surface area (Å²) in [6, 6.07) is 8.12. The van der Waals surface area contributed by atoms with Gasteiger partial charge in [0.2, 0.25) is 0 Å². The Hall–Kier alpha value is -1.06. The molecule has 18 heavy (non-hydrogen) atoms. The summed E-state index contributed by atoms with van der Waals surface area (Å²) < 4.78 is 0. The van der Waals surface area contributed by atoms with E-state index in [0.29, 0.717) is 6.04 Å². The fraction of sp³-hybridized carbons (Fsp3) is 0.500. The summed E-state index contributed by atoms with van der Waals surface area (Å²) in [6.07, 6.45) is 2.25. The lowest BCUT2D eigenvalue weighted by atomic mass is 10.0. The van der Waals surface area contributed by atoms with Crippen LogP contribution in [0.25, 0.3) is 0 Å². The number of nitrogens with one attached hydrogen (secondary N) is 1. The maximum absolute atomic E-state index is 12.3. The summed E-state index contributed by atoms with van der Waals surface area (Å²) >= 11 is 0. The van der Waals surface area contributed by atoms with Crippen LogP contribution in [-0.4, -0.2) is 37.0 Å². The predicted octanol–water partition coefficient (Wildman–Crippen LogP) is 2.24. The number of carbonyl (C=O) groups excluding carboxylic acids is 1. The third-order valence-electron chi connectivity index (χ3n) is 3.44. The second-order valence-electron chi connectivity index (χ2n) is 4.78. The Bertz CT molecular complexity index is 385. The highest BCUT2D eigenvalue weighted by Crippen LogP contribution is 2.13. The van der Waals surface area contributed by atoms with Gasteiger partial charge in [0.1, 0.15) is 0 Å². The Labute approximate surface area is 115 Å². The first-order chi connectivity index (χ1) is 8.18. The van der Waals surface area contributed by atoms with Crippen molar-refractivity contribution in [1.82, 2.24) is 10.2 Å². The minimum Gasteiger partial charge on any atom is -0.337 e. The summed E-state index contributed by atoms with van der Waals surface area (Å²) in [5.41, 5.74) is 1.97. The second kappa shape index (κ2) is 6.76. The lowest BCUT2D eigenvalue weighted by molar-refractivity contribution is 0.0708. The zero-order chi connectivity index (χ0) is 12.3. The van der Waals surface area contributed by atoms with Crippen molar-refractivity contribution in [2.75, 3.05) is 20.1 Å². The number of hydrogen-bond donors (Lipinski definition) is 1. The van der Waals surface area contributed by atoms with Crippen LogP contribution in [0.2, 0.25) is 0 Å². The van der Waals surface area contributed by atoms with E-state index in [1.807, 2.05) is 43.1 Å². The van der Waals surface area contributed by atoms with E-state index in [2.05, 4.69) is 5.32 Å². The lowest BCUT2D eigenvalue weighted by Gasteiger charge is -2.31. The molecule has 0 bridgehead atoms. The van der Waals surface area contributed by atoms with Crippen LogP contribution in [0, 0.1) is 6.92 Å². The monoisotopic (exact) mass is 268 g/mol. The van der Waals surface area contributed by atoms with Gasteiger partial charge in [-0.25, -0.2) is 0 Å². The lowest BCUT2D eigenvalue weighted by Crippen LogP contribution is -2.46. The van der Waals surface area contributed by atoms with Crippen LogP contribution in [-0.2, 0) is 0 Å². The molecule has 3 nitrogen and oxygen atoms in total. The third-order valence-corrected chi connectivity index (χ3v) is 3.44. The van der Waals surface area contributed by atoms with Crippen LogP contribution in [0.5, 0.6) is 0 Å². The molecule has 1 aromatic rings. The molecular formula is C14H21ClN2O. The fourth-order valence-electron chi connectivity index (χ4n) is 2.23. The van der Waals surface area contributed by atoms with Gasteiger partial charge in [0.25, 0.3) is 5.91 Å². The van der Waals surface area contributed by atoms with Crippen LogP contribution >= 0.6 is 12.4 Å². The van der Waals surface area contributed by atoms with Gasteiger partial charge in [-0.1, -0.05) is 17.7 Å². The van der Waals surface area contributed by atoms with E-state index < -0.39 is 0 Å². The van der Waals surface area contributed by atoms with E-state index in [0.717, 1.165) is 31.5 Å². The Balaban J connectivity index is 0.00000162. The molecule has 0 radical (unpaired) electrons. The summed E-state index contributed by atoms with van der Waals surface area (Å²) in [5.74, 6) is 0.124. The van der Waals surface area contributed by atoms with Crippen molar-refractivity contribution >= 4 is 18.3 Å². The van der Waals surface area contributed by atoms with Gasteiger partial charge in [0, 0.05) is 25.2 Å². The zero-order valence-corrected chi connectivity index (χ0v) is 11.8. The average Bonchev–Trinajstić information content (AvgIpc) is 2.39. The molecule has 0 unspecified atom stereocenters. The Morgan fingerprint density at radius 3 is 2.56 bits per heavy atom. The molecule has 0 saturated carbocycles. The van der Waals surface area contributed by atoms with Crippen molar-refractivity contribution in [3.63, 3.8) is 0 Å². The number of likely N-dealkylation sites (N-methyl/N-ethyl adjacent to an activating group) is 1. The topological polar surface area (TPSA) is 32.3 Å². The molecule has 1 aliphatic heterocycles. The van der Waals surface area contributed by atoms with Crippen molar-refractivity contribution in [1.29, 1.82) is 0 Å². The van der Waals surface area contributed by atoms with Crippen molar-refractivity contribution in [2.45, 2.75) is 25.8 Å². The first-order valence-corrected chi connectivity index (χ1v) is 6.23. The van der Waals surface area contributed by atoms with Crippen LogP contribution in [0.4, 0.5) is 0 Å².